The molecule has 1 amide bonds. The second-order valence-corrected chi connectivity index (χ2v) is 20.1. The lowest BCUT2D eigenvalue weighted by atomic mass is 9.97. The van der Waals surface area contributed by atoms with E-state index in [0.717, 1.165) is 57.8 Å². The van der Waals surface area contributed by atoms with Crippen molar-refractivity contribution >= 4 is 5.91 Å². The van der Waals surface area contributed by atoms with Crippen molar-refractivity contribution in [1.82, 2.24) is 5.32 Å². The molecule has 0 spiro atoms. The average Bonchev–Trinajstić information content (AvgIpc) is 3.35. The molecule has 0 aliphatic carbocycles. The lowest BCUT2D eigenvalue weighted by Gasteiger charge is -2.46. The van der Waals surface area contributed by atoms with Gasteiger partial charge in [-0.2, -0.15) is 0 Å². The van der Waals surface area contributed by atoms with Crippen molar-refractivity contribution in [3.63, 3.8) is 0 Å². The Morgan fingerprint density at radius 1 is 0.507 bits per heavy atom. The topological polar surface area (TPSA) is 228 Å². The maximum absolute atomic E-state index is 13.2. The summed E-state index contributed by atoms with van der Waals surface area (Å²) in [5, 5.41) is 86.9. The Balaban J connectivity index is 1.80. The molecule has 406 valence electrons. The van der Waals surface area contributed by atoms with Crippen LogP contribution in [-0.4, -0.2) is 140 Å². The monoisotopic (exact) mass is 986 g/mol. The van der Waals surface area contributed by atoms with E-state index < -0.39 is 86.8 Å². The largest absolute Gasteiger partial charge is 0.394 e. The number of rotatable bonds is 44. The summed E-state index contributed by atoms with van der Waals surface area (Å²) in [5.41, 5.74) is 0. The maximum atomic E-state index is 13.2. The van der Waals surface area contributed by atoms with Crippen molar-refractivity contribution in [3.8, 4) is 0 Å². The lowest BCUT2D eigenvalue weighted by molar-refractivity contribution is -0.359. The molecular formula is C55H103NO13. The highest BCUT2D eigenvalue weighted by Crippen LogP contribution is 2.30. The quantitative estimate of drug-likeness (QED) is 0.0206. The van der Waals surface area contributed by atoms with Crippen molar-refractivity contribution in [3.05, 3.63) is 24.3 Å². The number of hydrogen-bond donors (Lipinski definition) is 9. The highest BCUT2D eigenvalue weighted by atomic mass is 16.7. The first-order valence-electron chi connectivity index (χ1n) is 28.1. The van der Waals surface area contributed by atoms with E-state index in [1.807, 2.05) is 6.08 Å². The number of amides is 1. The van der Waals surface area contributed by atoms with Crippen molar-refractivity contribution < 1.29 is 64.6 Å². The first-order valence-corrected chi connectivity index (χ1v) is 28.1. The normalized spacial score (nSPS) is 26.3. The molecule has 12 unspecified atom stereocenters. The van der Waals surface area contributed by atoms with Gasteiger partial charge in [-0.25, -0.2) is 0 Å². The Hall–Kier alpha value is -1.53. The molecule has 14 heteroatoms. The zero-order chi connectivity index (χ0) is 50.3. The second kappa shape index (κ2) is 41.9. The molecule has 0 aromatic carbocycles. The summed E-state index contributed by atoms with van der Waals surface area (Å²) in [6.07, 6.45) is 30.7. The number of aliphatic hydroxyl groups excluding tert-OH is 8. The Morgan fingerprint density at radius 2 is 0.913 bits per heavy atom. The molecule has 2 heterocycles. The Labute approximate surface area is 418 Å². The highest BCUT2D eigenvalue weighted by Gasteiger charge is 2.51. The highest BCUT2D eigenvalue weighted by molar-refractivity contribution is 5.76. The Morgan fingerprint density at radius 3 is 1.38 bits per heavy atom. The molecule has 2 rings (SSSR count). The van der Waals surface area contributed by atoms with Gasteiger partial charge >= 0.3 is 0 Å². The van der Waals surface area contributed by atoms with Gasteiger partial charge in [0.1, 0.15) is 48.8 Å². The van der Waals surface area contributed by atoms with Crippen LogP contribution in [0, 0.1) is 0 Å². The number of allylic oxidation sites excluding steroid dienone is 3. The first-order chi connectivity index (χ1) is 33.6. The zero-order valence-electron chi connectivity index (χ0n) is 43.3. The van der Waals surface area contributed by atoms with Crippen molar-refractivity contribution in [1.29, 1.82) is 0 Å². The van der Waals surface area contributed by atoms with E-state index in [1.165, 1.54) is 141 Å². The van der Waals surface area contributed by atoms with Crippen LogP contribution in [0.4, 0.5) is 0 Å². The molecule has 12 atom stereocenters. The molecule has 0 bridgehead atoms. The standard InChI is InChI=1S/C55H103NO13/c1-3-5-7-9-11-13-15-17-19-20-21-22-23-24-25-26-28-30-32-34-36-38-44(59)43(56-47(60)39-37-35-33-31-29-27-18-16-14-12-10-8-6-4-2)42-66-54-52(65)50(63)53(46(41-58)68-54)69-55-51(64)49(62)48(61)45(40-57)67-55/h16,18,36,38,43-46,48-55,57-59,61-65H,3-15,17,19-35,37,39-42H2,1-2H3,(H,56,60)/b18-16-,38-36+. The summed E-state index contributed by atoms with van der Waals surface area (Å²) in [6.45, 7) is 2.79. The fourth-order valence-electron chi connectivity index (χ4n) is 9.29. The van der Waals surface area contributed by atoms with Gasteiger partial charge in [-0.15, -0.1) is 0 Å². The third kappa shape index (κ3) is 28.5. The smallest absolute Gasteiger partial charge is 0.220 e. The average molecular weight is 986 g/mol. The predicted molar refractivity (Wildman–Crippen MR) is 272 cm³/mol. The molecular weight excluding hydrogens is 883 g/mol. The summed E-state index contributed by atoms with van der Waals surface area (Å²) >= 11 is 0. The van der Waals surface area contributed by atoms with E-state index in [9.17, 15) is 45.6 Å². The number of aliphatic hydroxyl groups is 8. The van der Waals surface area contributed by atoms with Crippen LogP contribution in [0.15, 0.2) is 24.3 Å². The molecule has 9 N–H and O–H groups in total. The Kier molecular flexibility index (Phi) is 38.6. The fraction of sp³-hybridized carbons (Fsp3) is 0.909. The van der Waals surface area contributed by atoms with Crippen molar-refractivity contribution in [2.45, 2.75) is 299 Å². The third-order valence-corrected chi connectivity index (χ3v) is 13.9. The second-order valence-electron chi connectivity index (χ2n) is 20.1. The van der Waals surface area contributed by atoms with Crippen LogP contribution >= 0.6 is 0 Å². The molecule has 2 aliphatic rings. The van der Waals surface area contributed by atoms with Crippen LogP contribution in [0.1, 0.15) is 226 Å². The molecule has 69 heavy (non-hydrogen) atoms. The molecule has 14 nitrogen and oxygen atoms in total. The zero-order valence-corrected chi connectivity index (χ0v) is 43.3. The van der Waals surface area contributed by atoms with Gasteiger partial charge in [0.05, 0.1) is 32.0 Å². The number of ether oxygens (including phenoxy) is 4. The summed E-state index contributed by atoms with van der Waals surface area (Å²) < 4.78 is 22.7. The minimum absolute atomic E-state index is 0.247. The lowest BCUT2D eigenvalue weighted by Crippen LogP contribution is -2.65. The van der Waals surface area contributed by atoms with Gasteiger partial charge < -0.3 is 65.1 Å². The van der Waals surface area contributed by atoms with Gasteiger partial charge in [-0.3, -0.25) is 4.79 Å². The minimum Gasteiger partial charge on any atom is -0.394 e. The van der Waals surface area contributed by atoms with Crippen molar-refractivity contribution in [2.24, 2.45) is 0 Å². The SMILES string of the molecule is CCCCCCC/C=C\CCCCCCCC(=O)NC(COC1OC(CO)C(OC2OC(CO)C(O)C(O)C2O)C(O)C1O)C(O)/C=C/CCCCCCCCCCCCCCCCCCCCC. The summed E-state index contributed by atoms with van der Waals surface area (Å²) in [5.74, 6) is -0.247. The van der Waals surface area contributed by atoms with Gasteiger partial charge in [0, 0.05) is 6.42 Å². The van der Waals surface area contributed by atoms with E-state index in [4.69, 9.17) is 18.9 Å². The van der Waals surface area contributed by atoms with Crippen LogP contribution < -0.4 is 5.32 Å². The van der Waals surface area contributed by atoms with Crippen molar-refractivity contribution in [2.75, 3.05) is 19.8 Å². The predicted octanol–water partition coefficient (Wildman–Crippen LogP) is 8.50. The molecule has 0 saturated carbocycles. The van der Waals surface area contributed by atoms with E-state index in [-0.39, 0.29) is 18.9 Å². The van der Waals surface area contributed by atoms with Crippen LogP contribution in [0.3, 0.4) is 0 Å². The first kappa shape index (κ1) is 63.6. The van der Waals surface area contributed by atoms with E-state index in [1.54, 1.807) is 6.08 Å². The number of unbranched alkanes of at least 4 members (excludes halogenated alkanes) is 29. The summed E-state index contributed by atoms with van der Waals surface area (Å²) in [4.78, 5) is 13.2. The van der Waals surface area contributed by atoms with E-state index >= 15 is 0 Å². The van der Waals surface area contributed by atoms with Crippen LogP contribution in [0.5, 0.6) is 0 Å². The number of hydrogen-bond acceptors (Lipinski definition) is 13. The van der Waals surface area contributed by atoms with Gasteiger partial charge in [0.15, 0.2) is 12.6 Å². The summed E-state index contributed by atoms with van der Waals surface area (Å²) in [7, 11) is 0. The summed E-state index contributed by atoms with van der Waals surface area (Å²) in [6, 6.07) is -0.916. The molecule has 0 aromatic heterocycles. The minimum atomic E-state index is -1.79. The number of carbonyl (C=O) groups is 1. The Bertz CT molecular complexity index is 1260. The van der Waals surface area contributed by atoms with Gasteiger partial charge in [-0.05, 0) is 44.9 Å². The number of carbonyl (C=O) groups excluding carboxylic acids is 1. The molecule has 2 aliphatic heterocycles. The molecule has 0 radical (unpaired) electrons. The van der Waals surface area contributed by atoms with Gasteiger partial charge in [0.2, 0.25) is 5.91 Å². The van der Waals surface area contributed by atoms with Gasteiger partial charge in [0.25, 0.3) is 0 Å². The molecule has 0 aromatic rings. The van der Waals surface area contributed by atoms with Gasteiger partial charge in [-0.1, -0.05) is 199 Å². The fourth-order valence-corrected chi connectivity index (χ4v) is 9.29. The molecule has 2 fully saturated rings. The van der Waals surface area contributed by atoms with Crippen LogP contribution in [-0.2, 0) is 23.7 Å². The maximum Gasteiger partial charge on any atom is 0.220 e. The van der Waals surface area contributed by atoms with Crippen LogP contribution in [0.25, 0.3) is 0 Å². The van der Waals surface area contributed by atoms with Crippen LogP contribution in [0.2, 0.25) is 0 Å². The number of nitrogens with one attached hydrogen (secondary N) is 1. The third-order valence-electron chi connectivity index (χ3n) is 13.9. The van der Waals surface area contributed by atoms with E-state index in [0.29, 0.717) is 6.42 Å². The molecule has 2 saturated heterocycles. The van der Waals surface area contributed by atoms with E-state index in [2.05, 4.69) is 31.3 Å².